The number of rotatable bonds is 7. The molecule has 32 heavy (non-hydrogen) atoms. The van der Waals surface area contributed by atoms with Crippen LogP contribution in [0, 0.1) is 0 Å². The van der Waals surface area contributed by atoms with Crippen LogP contribution in [0.4, 0.5) is 0 Å². The number of hydrogen-bond acceptors (Lipinski definition) is 8. The fraction of sp³-hybridized carbons (Fsp3) is 0.455. The summed E-state index contributed by atoms with van der Waals surface area (Å²) in [4.78, 5) is 24.4. The van der Waals surface area contributed by atoms with Crippen LogP contribution in [0.5, 0.6) is 11.5 Å². The topological polar surface area (TPSA) is 108 Å². The maximum absolute atomic E-state index is 12.7. The Morgan fingerprint density at radius 3 is 2.44 bits per heavy atom. The number of esters is 1. The van der Waals surface area contributed by atoms with Gasteiger partial charge in [0.1, 0.15) is 0 Å². The monoisotopic (exact) mass is 465 g/mol. The van der Waals surface area contributed by atoms with Crippen LogP contribution in [0.25, 0.3) is 0 Å². The van der Waals surface area contributed by atoms with Gasteiger partial charge < -0.3 is 18.9 Å². The molecule has 1 aromatic rings. The SMILES string of the molecule is COc1ccc(CC2C3=CC(OC)(OC(C)=O)C(=O)C=C3CCN2S(C)(=O)=O)cc1OC. The van der Waals surface area contributed by atoms with Crippen molar-refractivity contribution in [2.24, 2.45) is 0 Å². The third-order valence-electron chi connectivity index (χ3n) is 5.57. The normalized spacial score (nSPS) is 23.7. The molecule has 1 aromatic carbocycles. The van der Waals surface area contributed by atoms with Crippen LogP contribution in [-0.4, -0.2) is 70.4 Å². The molecule has 1 saturated heterocycles. The van der Waals surface area contributed by atoms with Crippen molar-refractivity contribution in [2.75, 3.05) is 34.1 Å². The molecule has 2 atom stereocenters. The number of benzene rings is 1. The highest BCUT2D eigenvalue weighted by Gasteiger charge is 2.46. The molecule has 1 fully saturated rings. The highest BCUT2D eigenvalue weighted by Crippen LogP contribution is 2.39. The van der Waals surface area contributed by atoms with Crippen LogP contribution < -0.4 is 9.47 Å². The molecule has 174 valence electrons. The first-order chi connectivity index (χ1) is 15.0. The maximum Gasteiger partial charge on any atom is 0.305 e. The Balaban J connectivity index is 2.11. The molecule has 0 spiro atoms. The lowest BCUT2D eigenvalue weighted by atomic mass is 9.82. The molecular formula is C22H27NO8S. The van der Waals surface area contributed by atoms with E-state index in [0.29, 0.717) is 35.5 Å². The summed E-state index contributed by atoms with van der Waals surface area (Å²) in [6.45, 7) is 1.40. The summed E-state index contributed by atoms with van der Waals surface area (Å²) in [7, 11) is 0.735. The first-order valence-corrected chi connectivity index (χ1v) is 11.8. The number of sulfonamides is 1. The Labute approximate surface area is 187 Å². The van der Waals surface area contributed by atoms with Crippen molar-refractivity contribution in [1.29, 1.82) is 0 Å². The Bertz CT molecular complexity index is 1090. The summed E-state index contributed by atoms with van der Waals surface area (Å²) < 4.78 is 47.8. The first-order valence-electron chi connectivity index (χ1n) is 9.95. The second kappa shape index (κ2) is 9.05. The summed E-state index contributed by atoms with van der Waals surface area (Å²) >= 11 is 0. The Morgan fingerprint density at radius 2 is 1.88 bits per heavy atom. The van der Waals surface area contributed by atoms with Crippen molar-refractivity contribution < 1.29 is 37.0 Å². The number of carbonyl (C=O) groups excluding carboxylic acids is 2. The molecule has 1 aliphatic heterocycles. The van der Waals surface area contributed by atoms with Crippen molar-refractivity contribution in [2.45, 2.75) is 31.6 Å². The fourth-order valence-corrected chi connectivity index (χ4v) is 5.19. The number of ketones is 1. The van der Waals surface area contributed by atoms with Gasteiger partial charge in [0, 0.05) is 26.7 Å². The van der Waals surface area contributed by atoms with E-state index in [1.54, 1.807) is 12.1 Å². The second-order valence-electron chi connectivity index (χ2n) is 7.63. The van der Waals surface area contributed by atoms with Crippen molar-refractivity contribution in [1.82, 2.24) is 4.31 Å². The van der Waals surface area contributed by atoms with Gasteiger partial charge in [-0.25, -0.2) is 8.42 Å². The fourth-order valence-electron chi connectivity index (χ4n) is 4.11. The molecule has 2 aliphatic rings. The Morgan fingerprint density at radius 1 is 1.19 bits per heavy atom. The quantitative estimate of drug-likeness (QED) is 0.442. The summed E-state index contributed by atoms with van der Waals surface area (Å²) in [5.41, 5.74) is 2.07. The molecule has 0 radical (unpaired) electrons. The lowest BCUT2D eigenvalue weighted by Crippen LogP contribution is -2.51. The molecule has 1 heterocycles. The number of methoxy groups -OCH3 is 3. The van der Waals surface area contributed by atoms with Gasteiger partial charge in [0.05, 0.1) is 26.5 Å². The number of hydrogen-bond donors (Lipinski definition) is 0. The number of ether oxygens (including phenoxy) is 4. The minimum atomic E-state index is -3.58. The zero-order valence-corrected chi connectivity index (χ0v) is 19.5. The van der Waals surface area contributed by atoms with E-state index < -0.39 is 33.6 Å². The minimum absolute atomic E-state index is 0.223. The highest BCUT2D eigenvalue weighted by molar-refractivity contribution is 7.88. The molecule has 0 N–H and O–H groups in total. The van der Waals surface area contributed by atoms with Gasteiger partial charge in [0.15, 0.2) is 11.5 Å². The second-order valence-corrected chi connectivity index (χ2v) is 9.57. The van der Waals surface area contributed by atoms with E-state index in [1.165, 1.54) is 44.7 Å². The zero-order chi connectivity index (χ0) is 23.7. The number of fused-ring (bicyclic) bond motifs is 1. The van der Waals surface area contributed by atoms with Gasteiger partial charge in [0.2, 0.25) is 15.8 Å². The summed E-state index contributed by atoms with van der Waals surface area (Å²) in [6.07, 6.45) is 4.60. The van der Waals surface area contributed by atoms with Crippen molar-refractivity contribution >= 4 is 21.8 Å². The third-order valence-corrected chi connectivity index (χ3v) is 6.86. The van der Waals surface area contributed by atoms with Gasteiger partial charge >= 0.3 is 5.97 Å². The molecular weight excluding hydrogens is 438 g/mol. The van der Waals surface area contributed by atoms with E-state index in [2.05, 4.69) is 0 Å². The number of piperidine rings is 1. The van der Waals surface area contributed by atoms with Crippen molar-refractivity contribution in [3.05, 3.63) is 47.1 Å². The first kappa shape index (κ1) is 24.0. The predicted octanol–water partition coefficient (Wildman–Crippen LogP) is 1.62. The molecule has 10 heteroatoms. The van der Waals surface area contributed by atoms with Crippen LogP contribution in [0.15, 0.2) is 41.5 Å². The predicted molar refractivity (Wildman–Crippen MR) is 116 cm³/mol. The van der Waals surface area contributed by atoms with Gasteiger partial charge in [-0.15, -0.1) is 0 Å². The van der Waals surface area contributed by atoms with Crippen LogP contribution >= 0.6 is 0 Å². The van der Waals surface area contributed by atoms with E-state index in [9.17, 15) is 18.0 Å². The van der Waals surface area contributed by atoms with Gasteiger partial charge in [0.25, 0.3) is 5.79 Å². The summed E-state index contributed by atoms with van der Waals surface area (Å²) in [6, 6.07) is 4.71. The standard InChI is InChI=1S/C22H27NO8S/c1-14(24)31-22(30-4)13-17-16(12-21(22)25)8-9-23(32(5,26)27)18(17)10-15-6-7-19(28-2)20(11-15)29-3/h6-7,11-13,18H,8-10H2,1-5H3. The molecule has 0 amide bonds. The Hall–Kier alpha value is -2.69. The van der Waals surface area contributed by atoms with Gasteiger partial charge in [-0.3, -0.25) is 9.59 Å². The smallest absolute Gasteiger partial charge is 0.305 e. The van der Waals surface area contributed by atoms with Crippen LogP contribution in [0.2, 0.25) is 0 Å². The lowest BCUT2D eigenvalue weighted by molar-refractivity contribution is -0.199. The van der Waals surface area contributed by atoms with E-state index in [0.717, 1.165) is 11.8 Å². The van der Waals surface area contributed by atoms with Crippen LogP contribution in [0.1, 0.15) is 18.9 Å². The lowest BCUT2D eigenvalue weighted by Gasteiger charge is -2.41. The van der Waals surface area contributed by atoms with E-state index in [4.69, 9.17) is 18.9 Å². The van der Waals surface area contributed by atoms with Gasteiger partial charge in [-0.05, 0) is 47.8 Å². The minimum Gasteiger partial charge on any atom is -0.493 e. The Kier molecular flexibility index (Phi) is 6.77. The maximum atomic E-state index is 12.7. The molecule has 0 aromatic heterocycles. The average Bonchev–Trinajstić information content (AvgIpc) is 2.73. The summed E-state index contributed by atoms with van der Waals surface area (Å²) in [5.74, 6) is -2.08. The van der Waals surface area contributed by atoms with E-state index >= 15 is 0 Å². The van der Waals surface area contributed by atoms with E-state index in [1.807, 2.05) is 6.07 Å². The summed E-state index contributed by atoms with van der Waals surface area (Å²) in [5, 5.41) is 0. The number of carbonyl (C=O) groups is 2. The highest BCUT2D eigenvalue weighted by atomic mass is 32.2. The molecule has 9 nitrogen and oxygen atoms in total. The molecule has 2 unspecified atom stereocenters. The molecule has 3 rings (SSSR count). The van der Waals surface area contributed by atoms with Gasteiger partial charge in [-0.2, -0.15) is 4.31 Å². The largest absolute Gasteiger partial charge is 0.493 e. The zero-order valence-electron chi connectivity index (χ0n) is 18.7. The van der Waals surface area contributed by atoms with Gasteiger partial charge in [-0.1, -0.05) is 6.07 Å². The third kappa shape index (κ3) is 4.57. The van der Waals surface area contributed by atoms with E-state index in [-0.39, 0.29) is 6.54 Å². The van der Waals surface area contributed by atoms with Crippen molar-refractivity contribution in [3.63, 3.8) is 0 Å². The number of nitrogens with zero attached hydrogens (tertiary/aromatic N) is 1. The van der Waals surface area contributed by atoms with Crippen LogP contribution in [-0.2, 0) is 35.5 Å². The molecule has 1 aliphatic carbocycles. The molecule has 0 saturated carbocycles. The molecule has 0 bridgehead atoms. The average molecular weight is 466 g/mol. The van der Waals surface area contributed by atoms with Crippen molar-refractivity contribution in [3.8, 4) is 11.5 Å². The van der Waals surface area contributed by atoms with Crippen LogP contribution in [0.3, 0.4) is 0 Å².